The number of nitrogens with zero attached hydrogens (tertiary/aromatic N) is 2. The van der Waals surface area contributed by atoms with Gasteiger partial charge in [-0.05, 0) is 25.2 Å². The summed E-state index contributed by atoms with van der Waals surface area (Å²) in [5, 5.41) is 0. The first-order valence-electron chi connectivity index (χ1n) is 6.37. The molecule has 0 aromatic heterocycles. The molecule has 1 heterocycles. The summed E-state index contributed by atoms with van der Waals surface area (Å²) in [7, 11) is 3.82. The van der Waals surface area contributed by atoms with Crippen LogP contribution < -0.4 is 9.47 Å². The van der Waals surface area contributed by atoms with E-state index in [2.05, 4.69) is 22.9 Å². The Balaban J connectivity index is 1.75. The van der Waals surface area contributed by atoms with Crippen molar-refractivity contribution in [1.82, 2.24) is 9.80 Å². The van der Waals surface area contributed by atoms with Crippen molar-refractivity contribution in [2.24, 2.45) is 0 Å². The van der Waals surface area contributed by atoms with Crippen LogP contribution in [0.5, 0.6) is 11.5 Å². The molecule has 0 bridgehead atoms. The van der Waals surface area contributed by atoms with Crippen LogP contribution in [0.25, 0.3) is 0 Å². The van der Waals surface area contributed by atoms with E-state index in [0.717, 1.165) is 44.2 Å². The molecule has 1 aromatic carbocycles. The third-order valence-electron chi connectivity index (χ3n) is 3.27. The molecule has 4 nitrogen and oxygen atoms in total. The number of benzene rings is 1. The molecular weight excluding hydrogens is 228 g/mol. The average molecular weight is 249 g/mol. The number of rotatable bonds is 5. The Kier molecular flexibility index (Phi) is 4.84. The first-order chi connectivity index (χ1) is 8.79. The zero-order valence-electron chi connectivity index (χ0n) is 11.2. The van der Waals surface area contributed by atoms with Gasteiger partial charge < -0.3 is 14.4 Å². The molecule has 99 valence electrons. The van der Waals surface area contributed by atoms with E-state index >= 15 is 0 Å². The van der Waals surface area contributed by atoms with Crippen molar-refractivity contribution in [2.45, 2.75) is 0 Å². The van der Waals surface area contributed by atoms with E-state index in [9.17, 15) is 0 Å². The highest BCUT2D eigenvalue weighted by atomic mass is 16.5. The highest BCUT2D eigenvalue weighted by molar-refractivity contribution is 5.38. The molecule has 0 atom stereocenters. The number of hydrogen-bond acceptors (Lipinski definition) is 4. The first kappa shape index (κ1) is 13.2. The molecule has 1 aromatic rings. The van der Waals surface area contributed by atoms with Crippen LogP contribution >= 0.6 is 0 Å². The monoisotopic (exact) mass is 249 g/mol. The Labute approximate surface area is 109 Å². The molecule has 0 unspecified atom stereocenters. The zero-order valence-corrected chi connectivity index (χ0v) is 11.2. The summed E-state index contributed by atoms with van der Waals surface area (Å²) in [5.74, 6) is 1.54. The van der Waals surface area contributed by atoms with E-state index in [-0.39, 0.29) is 0 Å². The van der Waals surface area contributed by atoms with Crippen molar-refractivity contribution in [3.05, 3.63) is 24.3 Å². The van der Waals surface area contributed by atoms with Gasteiger partial charge in [0.05, 0.1) is 7.11 Å². The second kappa shape index (κ2) is 6.61. The molecule has 0 amide bonds. The van der Waals surface area contributed by atoms with Gasteiger partial charge in [-0.2, -0.15) is 0 Å². The van der Waals surface area contributed by atoms with Crippen LogP contribution in [0.2, 0.25) is 0 Å². The zero-order chi connectivity index (χ0) is 12.8. The normalized spacial score (nSPS) is 17.7. The highest BCUT2D eigenvalue weighted by Gasteiger charge is 2.13. The molecule has 2 rings (SSSR count). The summed E-state index contributed by atoms with van der Waals surface area (Å²) in [4.78, 5) is 4.79. The van der Waals surface area contributed by atoms with Gasteiger partial charge in [-0.15, -0.1) is 0 Å². The molecule has 1 aliphatic rings. The Hall–Kier alpha value is -1.26. The van der Waals surface area contributed by atoms with E-state index in [4.69, 9.17) is 9.47 Å². The Morgan fingerprint density at radius 2 is 2.00 bits per heavy atom. The van der Waals surface area contributed by atoms with Gasteiger partial charge >= 0.3 is 0 Å². The molecule has 1 saturated heterocycles. The van der Waals surface area contributed by atoms with E-state index in [1.807, 2.05) is 12.1 Å². The Bertz CT molecular complexity index is 363. The Morgan fingerprint density at radius 3 is 2.72 bits per heavy atom. The highest BCUT2D eigenvalue weighted by Crippen LogP contribution is 2.25. The lowest BCUT2D eigenvalue weighted by Gasteiger charge is -2.32. The Morgan fingerprint density at radius 1 is 1.22 bits per heavy atom. The topological polar surface area (TPSA) is 24.9 Å². The SMILES string of the molecule is COc1c[c]ccc1OCCN1CCN(C)CC1. The van der Waals surface area contributed by atoms with Gasteiger partial charge in [-0.1, -0.05) is 6.07 Å². The summed E-state index contributed by atoms with van der Waals surface area (Å²) in [6, 6.07) is 8.51. The van der Waals surface area contributed by atoms with Crippen molar-refractivity contribution in [1.29, 1.82) is 0 Å². The van der Waals surface area contributed by atoms with Crippen molar-refractivity contribution in [3.8, 4) is 11.5 Å². The smallest absolute Gasteiger partial charge is 0.161 e. The van der Waals surface area contributed by atoms with Crippen molar-refractivity contribution < 1.29 is 9.47 Å². The van der Waals surface area contributed by atoms with Crippen LogP contribution in [0.15, 0.2) is 18.2 Å². The van der Waals surface area contributed by atoms with Crippen LogP contribution in [0.3, 0.4) is 0 Å². The molecule has 0 spiro atoms. The van der Waals surface area contributed by atoms with Gasteiger partial charge in [0.2, 0.25) is 0 Å². The van der Waals surface area contributed by atoms with Gasteiger partial charge in [0.1, 0.15) is 6.61 Å². The fraction of sp³-hybridized carbons (Fsp3) is 0.571. The van der Waals surface area contributed by atoms with Crippen molar-refractivity contribution in [3.63, 3.8) is 0 Å². The second-order valence-corrected chi connectivity index (χ2v) is 4.57. The van der Waals surface area contributed by atoms with Crippen LogP contribution in [0, 0.1) is 6.07 Å². The fourth-order valence-electron chi connectivity index (χ4n) is 2.04. The summed E-state index contributed by atoms with van der Waals surface area (Å²) >= 11 is 0. The van der Waals surface area contributed by atoms with Gasteiger partial charge in [-0.25, -0.2) is 0 Å². The van der Waals surface area contributed by atoms with Gasteiger partial charge in [0.15, 0.2) is 11.5 Å². The van der Waals surface area contributed by atoms with Gasteiger partial charge in [0.25, 0.3) is 0 Å². The van der Waals surface area contributed by atoms with E-state index in [1.54, 1.807) is 13.2 Å². The number of hydrogen-bond donors (Lipinski definition) is 0. The minimum absolute atomic E-state index is 0.698. The summed E-state index contributed by atoms with van der Waals surface area (Å²) in [6.07, 6.45) is 0. The maximum atomic E-state index is 5.76. The van der Waals surface area contributed by atoms with Gasteiger partial charge in [0, 0.05) is 32.7 Å². The second-order valence-electron chi connectivity index (χ2n) is 4.57. The molecule has 18 heavy (non-hydrogen) atoms. The summed E-state index contributed by atoms with van der Waals surface area (Å²) < 4.78 is 11.0. The molecule has 1 fully saturated rings. The maximum Gasteiger partial charge on any atom is 0.161 e. The lowest BCUT2D eigenvalue weighted by Crippen LogP contribution is -2.45. The first-order valence-corrected chi connectivity index (χ1v) is 6.37. The van der Waals surface area contributed by atoms with Crippen LogP contribution in [0.4, 0.5) is 0 Å². The van der Waals surface area contributed by atoms with Crippen LogP contribution in [-0.2, 0) is 0 Å². The fourth-order valence-corrected chi connectivity index (χ4v) is 2.04. The average Bonchev–Trinajstić information content (AvgIpc) is 2.41. The van der Waals surface area contributed by atoms with Gasteiger partial charge in [-0.3, -0.25) is 4.90 Å². The van der Waals surface area contributed by atoms with Crippen molar-refractivity contribution in [2.75, 3.05) is 53.5 Å². The molecule has 0 N–H and O–H groups in total. The molecule has 1 radical (unpaired) electrons. The third kappa shape index (κ3) is 3.62. The maximum absolute atomic E-state index is 5.76. The quantitative estimate of drug-likeness (QED) is 0.781. The van der Waals surface area contributed by atoms with E-state index in [1.165, 1.54) is 0 Å². The number of piperazine rings is 1. The molecular formula is C14H21N2O2. The lowest BCUT2D eigenvalue weighted by molar-refractivity contribution is 0.133. The number of methoxy groups -OCH3 is 1. The number of likely N-dealkylation sites (N-methyl/N-ethyl adjacent to an activating group) is 1. The molecule has 0 aliphatic carbocycles. The minimum atomic E-state index is 0.698. The van der Waals surface area contributed by atoms with Crippen LogP contribution in [-0.4, -0.2) is 63.3 Å². The van der Waals surface area contributed by atoms with E-state index in [0.29, 0.717) is 6.61 Å². The summed E-state index contributed by atoms with van der Waals surface area (Å²) in [6.45, 7) is 6.20. The van der Waals surface area contributed by atoms with E-state index < -0.39 is 0 Å². The third-order valence-corrected chi connectivity index (χ3v) is 3.27. The number of ether oxygens (including phenoxy) is 2. The molecule has 4 heteroatoms. The largest absolute Gasteiger partial charge is 0.493 e. The minimum Gasteiger partial charge on any atom is -0.493 e. The predicted molar refractivity (Wildman–Crippen MR) is 71.3 cm³/mol. The van der Waals surface area contributed by atoms with Crippen molar-refractivity contribution >= 4 is 0 Å². The summed E-state index contributed by atoms with van der Waals surface area (Å²) in [5.41, 5.74) is 0. The molecule has 0 saturated carbocycles. The van der Waals surface area contributed by atoms with Crippen LogP contribution in [0.1, 0.15) is 0 Å². The molecule has 1 aliphatic heterocycles. The lowest BCUT2D eigenvalue weighted by atomic mass is 10.3. The predicted octanol–water partition coefficient (Wildman–Crippen LogP) is 1.12. The standard InChI is InChI=1S/C14H21N2O2/c1-15-7-9-16(10-8-15)11-12-18-14-6-4-3-5-13(14)17-2/h4-6H,7-12H2,1-2H3.